The molecule has 3 N–H and O–H groups in total. The molecule has 1 aromatic carbocycles. The van der Waals surface area contributed by atoms with Crippen LogP contribution in [0, 0.1) is 5.41 Å². The lowest BCUT2D eigenvalue weighted by Crippen LogP contribution is -2.48. The molecule has 0 saturated carbocycles. The first-order valence-corrected chi connectivity index (χ1v) is 8.61. The summed E-state index contributed by atoms with van der Waals surface area (Å²) in [6, 6.07) is 7.43. The average Bonchev–Trinajstić information content (AvgIpc) is 3.01. The molecule has 2 heterocycles. The van der Waals surface area contributed by atoms with Gasteiger partial charge in [0.2, 0.25) is 5.91 Å². The van der Waals surface area contributed by atoms with Crippen molar-refractivity contribution in [2.45, 2.75) is 32.4 Å². The number of hydrogen-bond acceptors (Lipinski definition) is 5. The summed E-state index contributed by atoms with van der Waals surface area (Å²) in [7, 11) is 0. The number of likely N-dealkylation sites (tertiary alicyclic amines) is 1. The Bertz CT molecular complexity index is 601. The number of nitrogens with two attached hydrogens (primary N) is 1. The monoisotopic (exact) mass is 369 g/mol. The molecule has 0 radical (unpaired) electrons. The highest BCUT2D eigenvalue weighted by Gasteiger charge is 2.36. The minimum Gasteiger partial charge on any atom is -0.486 e. The molecular weight excluding hydrogens is 342 g/mol. The van der Waals surface area contributed by atoms with Crippen molar-refractivity contribution in [3.8, 4) is 11.5 Å². The van der Waals surface area contributed by atoms with Gasteiger partial charge in [0.25, 0.3) is 0 Å². The van der Waals surface area contributed by atoms with Crippen LogP contribution in [0.4, 0.5) is 0 Å². The Hall–Kier alpha value is -1.50. The lowest BCUT2D eigenvalue weighted by Gasteiger charge is -2.29. The van der Waals surface area contributed by atoms with Gasteiger partial charge in [0, 0.05) is 6.54 Å². The number of nitrogens with zero attached hydrogens (tertiary/aromatic N) is 1. The van der Waals surface area contributed by atoms with Gasteiger partial charge in [0.05, 0.1) is 12.6 Å². The van der Waals surface area contributed by atoms with Crippen LogP contribution in [0.3, 0.4) is 0 Å². The van der Waals surface area contributed by atoms with Gasteiger partial charge in [-0.2, -0.15) is 0 Å². The Morgan fingerprint density at radius 1 is 1.44 bits per heavy atom. The Labute approximate surface area is 155 Å². The normalized spacial score (nSPS) is 26.6. The van der Waals surface area contributed by atoms with Crippen LogP contribution in [-0.2, 0) is 4.79 Å². The smallest absolute Gasteiger partial charge is 0.237 e. The summed E-state index contributed by atoms with van der Waals surface area (Å²) in [5, 5.41) is 2.99. The predicted octanol–water partition coefficient (Wildman–Crippen LogP) is 1.42. The summed E-state index contributed by atoms with van der Waals surface area (Å²) < 4.78 is 11.5. The summed E-state index contributed by atoms with van der Waals surface area (Å²) in [5.41, 5.74) is 5.97. The molecule has 1 fully saturated rings. The number of fused-ring (bicyclic) bond motifs is 1. The highest BCUT2D eigenvalue weighted by molar-refractivity contribution is 5.85. The Kier molecular flexibility index (Phi) is 6.54. The summed E-state index contributed by atoms with van der Waals surface area (Å²) in [4.78, 5) is 14.6. The number of amides is 1. The molecule has 1 aromatic rings. The van der Waals surface area contributed by atoms with Gasteiger partial charge in [0.1, 0.15) is 12.7 Å². The van der Waals surface area contributed by atoms with E-state index in [-0.39, 0.29) is 35.9 Å². The van der Waals surface area contributed by atoms with Crippen molar-refractivity contribution in [1.82, 2.24) is 10.2 Å². The van der Waals surface area contributed by atoms with E-state index >= 15 is 0 Å². The van der Waals surface area contributed by atoms with Crippen molar-refractivity contribution in [2.75, 3.05) is 32.8 Å². The van der Waals surface area contributed by atoms with Crippen LogP contribution in [0.5, 0.6) is 11.5 Å². The number of rotatable bonds is 5. The number of benzene rings is 1. The van der Waals surface area contributed by atoms with Gasteiger partial charge in [-0.25, -0.2) is 0 Å². The summed E-state index contributed by atoms with van der Waals surface area (Å²) in [6.07, 6.45) is 0.876. The average molecular weight is 370 g/mol. The lowest BCUT2D eigenvalue weighted by atomic mass is 9.90. The van der Waals surface area contributed by atoms with E-state index < -0.39 is 0 Å². The number of nitrogens with one attached hydrogen (secondary N) is 1. The molecule has 2 aliphatic rings. The van der Waals surface area contributed by atoms with Gasteiger partial charge in [-0.15, -0.1) is 12.4 Å². The predicted molar refractivity (Wildman–Crippen MR) is 99.4 cm³/mol. The van der Waals surface area contributed by atoms with Gasteiger partial charge in [-0.1, -0.05) is 19.1 Å². The van der Waals surface area contributed by atoms with Crippen LogP contribution in [0.25, 0.3) is 0 Å². The molecule has 3 unspecified atom stereocenters. The molecule has 25 heavy (non-hydrogen) atoms. The Balaban J connectivity index is 0.00000225. The second-order valence-corrected chi connectivity index (χ2v) is 7.15. The highest BCUT2D eigenvalue weighted by atomic mass is 35.5. The first-order chi connectivity index (χ1) is 11.5. The van der Waals surface area contributed by atoms with Gasteiger partial charge >= 0.3 is 0 Å². The zero-order valence-corrected chi connectivity index (χ0v) is 15.7. The van der Waals surface area contributed by atoms with E-state index in [2.05, 4.69) is 17.1 Å². The first-order valence-electron chi connectivity index (χ1n) is 8.61. The zero-order chi connectivity index (χ0) is 17.2. The van der Waals surface area contributed by atoms with Crippen LogP contribution in [0.1, 0.15) is 20.3 Å². The second-order valence-electron chi connectivity index (χ2n) is 7.15. The fourth-order valence-corrected chi connectivity index (χ4v) is 3.25. The van der Waals surface area contributed by atoms with Crippen LogP contribution in [0.15, 0.2) is 24.3 Å². The number of ether oxygens (including phenoxy) is 2. The third kappa shape index (κ3) is 4.57. The van der Waals surface area contributed by atoms with Gasteiger partial charge < -0.3 is 20.5 Å². The molecule has 0 bridgehead atoms. The summed E-state index contributed by atoms with van der Waals surface area (Å²) in [5.74, 6) is 1.51. The van der Waals surface area contributed by atoms with E-state index in [0.717, 1.165) is 31.0 Å². The van der Waals surface area contributed by atoms with Gasteiger partial charge in [-0.05, 0) is 44.0 Å². The fourth-order valence-electron chi connectivity index (χ4n) is 3.25. The summed E-state index contributed by atoms with van der Waals surface area (Å²) in [6.45, 7) is 7.46. The minimum atomic E-state index is -0.163. The topological polar surface area (TPSA) is 76.8 Å². The van der Waals surface area contributed by atoms with E-state index in [1.807, 2.05) is 31.2 Å². The van der Waals surface area contributed by atoms with E-state index in [0.29, 0.717) is 19.7 Å². The van der Waals surface area contributed by atoms with Crippen LogP contribution in [-0.4, -0.2) is 55.7 Å². The SMILES string of the molecule is CC(C(=O)NCC1COc2ccccc2O1)N1CCC(C)(CN)C1.Cl. The van der Waals surface area contributed by atoms with Crippen molar-refractivity contribution < 1.29 is 14.3 Å². The Morgan fingerprint density at radius 3 is 2.84 bits per heavy atom. The van der Waals surface area contributed by atoms with E-state index in [1.165, 1.54) is 0 Å². The second kappa shape index (κ2) is 8.25. The highest BCUT2D eigenvalue weighted by Crippen LogP contribution is 2.31. The molecule has 2 aliphatic heterocycles. The van der Waals surface area contributed by atoms with E-state index in [4.69, 9.17) is 15.2 Å². The van der Waals surface area contributed by atoms with Crippen LogP contribution < -0.4 is 20.5 Å². The largest absolute Gasteiger partial charge is 0.486 e. The molecule has 3 atom stereocenters. The molecule has 140 valence electrons. The van der Waals surface area contributed by atoms with Crippen molar-refractivity contribution in [3.63, 3.8) is 0 Å². The first kappa shape index (κ1) is 19.8. The molecular formula is C18H28ClN3O3. The van der Waals surface area contributed by atoms with Crippen molar-refractivity contribution >= 4 is 18.3 Å². The molecule has 3 rings (SSSR count). The molecule has 0 spiro atoms. The molecule has 1 amide bonds. The van der Waals surface area contributed by atoms with E-state index in [1.54, 1.807) is 0 Å². The molecule has 0 aromatic heterocycles. The summed E-state index contributed by atoms with van der Waals surface area (Å²) >= 11 is 0. The minimum absolute atomic E-state index is 0. The maximum atomic E-state index is 12.4. The number of carbonyl (C=O) groups excluding carboxylic acids is 1. The zero-order valence-electron chi connectivity index (χ0n) is 14.9. The quantitative estimate of drug-likeness (QED) is 0.821. The van der Waals surface area contributed by atoms with Crippen LogP contribution >= 0.6 is 12.4 Å². The lowest BCUT2D eigenvalue weighted by molar-refractivity contribution is -0.126. The molecule has 0 aliphatic carbocycles. The fraction of sp³-hybridized carbons (Fsp3) is 0.611. The number of hydrogen-bond donors (Lipinski definition) is 2. The number of para-hydroxylation sites is 2. The third-order valence-corrected chi connectivity index (χ3v) is 5.08. The van der Waals surface area contributed by atoms with Gasteiger partial charge in [0.15, 0.2) is 11.5 Å². The van der Waals surface area contributed by atoms with Crippen LogP contribution in [0.2, 0.25) is 0 Å². The van der Waals surface area contributed by atoms with Gasteiger partial charge in [-0.3, -0.25) is 9.69 Å². The maximum absolute atomic E-state index is 12.4. The standard InChI is InChI=1S/C18H27N3O3.ClH/c1-13(21-8-7-18(2,11-19)12-21)17(22)20-9-14-10-23-15-5-3-4-6-16(15)24-14;/h3-6,13-14H,7-12,19H2,1-2H3,(H,20,22);1H. The molecule has 6 nitrogen and oxygen atoms in total. The molecule has 7 heteroatoms. The third-order valence-electron chi connectivity index (χ3n) is 5.08. The number of carbonyl (C=O) groups is 1. The maximum Gasteiger partial charge on any atom is 0.237 e. The number of halogens is 1. The molecule has 1 saturated heterocycles. The van der Waals surface area contributed by atoms with Crippen molar-refractivity contribution in [3.05, 3.63) is 24.3 Å². The van der Waals surface area contributed by atoms with E-state index in [9.17, 15) is 4.79 Å². The van der Waals surface area contributed by atoms with Crippen molar-refractivity contribution in [2.24, 2.45) is 11.1 Å². The van der Waals surface area contributed by atoms with Crippen molar-refractivity contribution in [1.29, 1.82) is 0 Å². The Morgan fingerprint density at radius 2 is 2.16 bits per heavy atom.